The molecule has 1 aromatic carbocycles. The third-order valence-corrected chi connectivity index (χ3v) is 3.45. The van der Waals surface area contributed by atoms with Crippen LogP contribution in [0, 0.1) is 13.8 Å². The van der Waals surface area contributed by atoms with Crippen LogP contribution in [-0.2, 0) is 0 Å². The van der Waals surface area contributed by atoms with Crippen molar-refractivity contribution in [2.45, 2.75) is 34.1 Å². The Morgan fingerprint density at radius 3 is 2.50 bits per heavy atom. The minimum absolute atomic E-state index is 0.646. The standard InChI is InChI=1S/C15H17N5O.C3H8/c1-9-7-10(2)12(11(8-9)21-4)14-19-18-13(16-3)15-17-5-6-20(14)15;1-3-2/h5-8H,1-4H3,(H,16,18);3H2,1-2H3. The maximum Gasteiger partial charge on any atom is 0.192 e. The number of fused-ring (bicyclic) bond motifs is 1. The summed E-state index contributed by atoms with van der Waals surface area (Å²) < 4.78 is 7.44. The first-order valence-corrected chi connectivity index (χ1v) is 8.10. The Bertz CT molecular complexity index is 826. The number of ether oxygens (including phenoxy) is 1. The second-order valence-corrected chi connectivity index (χ2v) is 5.61. The van der Waals surface area contributed by atoms with Crippen molar-refractivity contribution >= 4 is 11.5 Å². The first-order chi connectivity index (χ1) is 11.6. The van der Waals surface area contributed by atoms with E-state index in [9.17, 15) is 0 Å². The van der Waals surface area contributed by atoms with Gasteiger partial charge in [-0.15, -0.1) is 10.2 Å². The van der Waals surface area contributed by atoms with E-state index in [0.29, 0.717) is 5.82 Å². The fourth-order valence-electron chi connectivity index (χ4n) is 2.55. The second-order valence-electron chi connectivity index (χ2n) is 5.61. The molecule has 1 N–H and O–H groups in total. The molecule has 0 aliphatic heterocycles. The minimum Gasteiger partial charge on any atom is -0.496 e. The molecule has 0 fully saturated rings. The number of nitrogens with zero attached hydrogens (tertiary/aromatic N) is 4. The topological polar surface area (TPSA) is 64.3 Å². The van der Waals surface area contributed by atoms with Gasteiger partial charge >= 0.3 is 0 Å². The third-order valence-electron chi connectivity index (χ3n) is 3.45. The molecule has 0 aliphatic rings. The molecule has 128 valence electrons. The van der Waals surface area contributed by atoms with E-state index in [1.807, 2.05) is 30.5 Å². The highest BCUT2D eigenvalue weighted by Crippen LogP contribution is 2.33. The summed E-state index contributed by atoms with van der Waals surface area (Å²) in [5.74, 6) is 2.15. The summed E-state index contributed by atoms with van der Waals surface area (Å²) >= 11 is 0. The molecule has 0 bridgehead atoms. The van der Waals surface area contributed by atoms with Crippen LogP contribution in [0.1, 0.15) is 31.4 Å². The Morgan fingerprint density at radius 2 is 1.88 bits per heavy atom. The molecule has 0 unspecified atom stereocenters. The van der Waals surface area contributed by atoms with Gasteiger partial charge in [-0.1, -0.05) is 26.3 Å². The monoisotopic (exact) mass is 327 g/mol. The lowest BCUT2D eigenvalue weighted by atomic mass is 10.0. The van der Waals surface area contributed by atoms with Gasteiger partial charge in [0, 0.05) is 19.4 Å². The lowest BCUT2D eigenvalue weighted by Crippen LogP contribution is -2.05. The van der Waals surface area contributed by atoms with E-state index in [4.69, 9.17) is 4.74 Å². The minimum atomic E-state index is 0.646. The fourth-order valence-corrected chi connectivity index (χ4v) is 2.55. The van der Waals surface area contributed by atoms with E-state index in [1.54, 1.807) is 20.4 Å². The van der Waals surface area contributed by atoms with E-state index in [-0.39, 0.29) is 0 Å². The Labute approximate surface area is 142 Å². The maximum absolute atomic E-state index is 5.53. The Morgan fingerprint density at radius 1 is 1.17 bits per heavy atom. The van der Waals surface area contributed by atoms with Crippen LogP contribution in [0.15, 0.2) is 24.5 Å². The second kappa shape index (κ2) is 7.77. The number of methoxy groups -OCH3 is 1. The highest BCUT2D eigenvalue weighted by atomic mass is 16.5. The van der Waals surface area contributed by atoms with Crippen LogP contribution in [0.5, 0.6) is 5.75 Å². The Balaban J connectivity index is 0.000000647. The average molecular weight is 327 g/mol. The van der Waals surface area contributed by atoms with Crippen LogP contribution in [0.4, 0.5) is 5.82 Å². The molecule has 0 spiro atoms. The summed E-state index contributed by atoms with van der Waals surface area (Å²) in [6, 6.07) is 4.10. The van der Waals surface area contributed by atoms with Crippen molar-refractivity contribution in [2.24, 2.45) is 0 Å². The molecule has 24 heavy (non-hydrogen) atoms. The number of hydrogen-bond acceptors (Lipinski definition) is 5. The van der Waals surface area contributed by atoms with Gasteiger partial charge in [0.25, 0.3) is 0 Å². The average Bonchev–Trinajstić information content (AvgIpc) is 3.04. The number of aryl methyl sites for hydroxylation is 2. The quantitative estimate of drug-likeness (QED) is 0.791. The molecule has 0 saturated heterocycles. The molecular weight excluding hydrogens is 302 g/mol. The lowest BCUT2D eigenvalue weighted by Gasteiger charge is -2.14. The number of anilines is 1. The van der Waals surface area contributed by atoms with E-state index in [0.717, 1.165) is 33.9 Å². The van der Waals surface area contributed by atoms with E-state index < -0.39 is 0 Å². The van der Waals surface area contributed by atoms with Crippen molar-refractivity contribution < 1.29 is 4.74 Å². The van der Waals surface area contributed by atoms with Crippen LogP contribution in [0.3, 0.4) is 0 Å². The van der Waals surface area contributed by atoms with Gasteiger partial charge in [-0.3, -0.25) is 4.40 Å². The molecule has 0 amide bonds. The smallest absolute Gasteiger partial charge is 0.192 e. The number of imidazole rings is 1. The van der Waals surface area contributed by atoms with Gasteiger partial charge in [-0.05, 0) is 31.0 Å². The van der Waals surface area contributed by atoms with Gasteiger partial charge in [-0.2, -0.15) is 0 Å². The number of rotatable bonds is 3. The van der Waals surface area contributed by atoms with Gasteiger partial charge in [0.2, 0.25) is 0 Å². The first-order valence-electron chi connectivity index (χ1n) is 8.10. The van der Waals surface area contributed by atoms with Crippen molar-refractivity contribution in [3.63, 3.8) is 0 Å². The number of aromatic nitrogens is 4. The van der Waals surface area contributed by atoms with Crippen molar-refractivity contribution in [3.8, 4) is 17.1 Å². The summed E-state index contributed by atoms with van der Waals surface area (Å²) in [5, 5.41) is 11.6. The normalized spacial score (nSPS) is 10.2. The molecule has 3 rings (SSSR count). The number of benzene rings is 1. The molecule has 6 heteroatoms. The van der Waals surface area contributed by atoms with Crippen molar-refractivity contribution in [3.05, 3.63) is 35.7 Å². The fraction of sp³-hybridized carbons (Fsp3) is 0.389. The SMILES string of the molecule is CCC.CNc1nnc(-c2c(C)cc(C)cc2OC)n2ccnc12. The lowest BCUT2D eigenvalue weighted by molar-refractivity contribution is 0.415. The van der Waals surface area contributed by atoms with Crippen molar-refractivity contribution in [1.82, 2.24) is 19.6 Å². The van der Waals surface area contributed by atoms with Crippen LogP contribution < -0.4 is 10.1 Å². The summed E-state index contributed by atoms with van der Waals surface area (Å²) in [4.78, 5) is 4.34. The van der Waals surface area contributed by atoms with Gasteiger partial charge in [0.05, 0.1) is 12.7 Å². The van der Waals surface area contributed by atoms with Crippen LogP contribution >= 0.6 is 0 Å². The predicted molar refractivity (Wildman–Crippen MR) is 97.8 cm³/mol. The largest absolute Gasteiger partial charge is 0.496 e. The van der Waals surface area contributed by atoms with Gasteiger partial charge in [-0.25, -0.2) is 4.98 Å². The molecule has 2 aromatic heterocycles. The summed E-state index contributed by atoms with van der Waals surface area (Å²) in [5.41, 5.74) is 3.91. The number of hydrogen-bond donors (Lipinski definition) is 1. The zero-order chi connectivity index (χ0) is 17.7. The summed E-state index contributed by atoms with van der Waals surface area (Å²) in [6.07, 6.45) is 4.86. The van der Waals surface area contributed by atoms with Crippen molar-refractivity contribution in [1.29, 1.82) is 0 Å². The van der Waals surface area contributed by atoms with Gasteiger partial charge in [0.1, 0.15) is 5.75 Å². The molecule has 6 nitrogen and oxygen atoms in total. The van der Waals surface area contributed by atoms with Gasteiger partial charge < -0.3 is 10.1 Å². The molecule has 2 heterocycles. The highest BCUT2D eigenvalue weighted by molar-refractivity contribution is 5.73. The summed E-state index contributed by atoms with van der Waals surface area (Å²) in [6.45, 7) is 8.34. The Hall–Kier alpha value is -2.63. The van der Waals surface area contributed by atoms with Crippen LogP contribution in [0.25, 0.3) is 17.0 Å². The van der Waals surface area contributed by atoms with E-state index in [1.165, 1.54) is 6.42 Å². The third kappa shape index (κ3) is 3.32. The molecule has 0 atom stereocenters. The van der Waals surface area contributed by atoms with Crippen LogP contribution in [0.2, 0.25) is 0 Å². The van der Waals surface area contributed by atoms with E-state index >= 15 is 0 Å². The molecular formula is C18H25N5O. The molecule has 0 saturated carbocycles. The van der Waals surface area contributed by atoms with Crippen molar-refractivity contribution in [2.75, 3.05) is 19.5 Å². The summed E-state index contributed by atoms with van der Waals surface area (Å²) in [7, 11) is 3.47. The maximum atomic E-state index is 5.53. The molecule has 0 aliphatic carbocycles. The predicted octanol–water partition coefficient (Wildman–Crippen LogP) is 3.87. The highest BCUT2D eigenvalue weighted by Gasteiger charge is 2.17. The van der Waals surface area contributed by atoms with Gasteiger partial charge in [0.15, 0.2) is 17.3 Å². The van der Waals surface area contributed by atoms with E-state index in [2.05, 4.69) is 40.4 Å². The first kappa shape index (κ1) is 17.7. The number of nitrogens with one attached hydrogen (secondary N) is 1. The molecule has 3 aromatic rings. The Kier molecular flexibility index (Phi) is 5.73. The van der Waals surface area contributed by atoms with Crippen LogP contribution in [-0.4, -0.2) is 33.7 Å². The zero-order valence-corrected chi connectivity index (χ0v) is 15.2. The zero-order valence-electron chi connectivity index (χ0n) is 15.2. The molecule has 0 radical (unpaired) electrons.